The summed E-state index contributed by atoms with van der Waals surface area (Å²) in [5, 5.41) is 5.25. The maximum absolute atomic E-state index is 6.06. The molecule has 0 amide bonds. The van der Waals surface area contributed by atoms with Crippen LogP contribution in [0.15, 0.2) is 12.1 Å². The maximum atomic E-state index is 6.06. The zero-order valence-corrected chi connectivity index (χ0v) is 10.3. The van der Waals surface area contributed by atoms with Crippen LogP contribution in [0.2, 0.25) is 10.2 Å². The van der Waals surface area contributed by atoms with Gasteiger partial charge in [-0.3, -0.25) is 0 Å². The first-order chi connectivity index (χ1) is 7.50. The molecule has 0 atom stereocenters. The van der Waals surface area contributed by atoms with E-state index in [0.717, 1.165) is 11.4 Å². The number of halogens is 2. The van der Waals surface area contributed by atoms with E-state index < -0.39 is 0 Å². The SMILES string of the molecule is Cc1nn(-c2nc(Cl)ccc2N)c(C)c1Cl. The molecule has 0 aliphatic carbocycles. The van der Waals surface area contributed by atoms with E-state index in [2.05, 4.69) is 10.1 Å². The number of rotatable bonds is 1. The molecule has 0 aliphatic rings. The number of aromatic nitrogens is 3. The van der Waals surface area contributed by atoms with Crippen LogP contribution in [0.4, 0.5) is 5.69 Å². The smallest absolute Gasteiger partial charge is 0.178 e. The van der Waals surface area contributed by atoms with Crippen LogP contribution in [0.5, 0.6) is 0 Å². The highest BCUT2D eigenvalue weighted by molar-refractivity contribution is 6.31. The fourth-order valence-corrected chi connectivity index (χ4v) is 1.70. The number of hydrogen-bond acceptors (Lipinski definition) is 3. The Bertz CT molecular complexity index is 548. The van der Waals surface area contributed by atoms with Crippen molar-refractivity contribution in [3.63, 3.8) is 0 Å². The van der Waals surface area contributed by atoms with Gasteiger partial charge >= 0.3 is 0 Å². The molecule has 0 bridgehead atoms. The first-order valence-electron chi connectivity index (χ1n) is 4.65. The Morgan fingerprint density at radius 2 is 1.94 bits per heavy atom. The van der Waals surface area contributed by atoms with Gasteiger partial charge in [0, 0.05) is 0 Å². The second-order valence-electron chi connectivity index (χ2n) is 3.44. The predicted octanol–water partition coefficient (Wildman–Crippen LogP) is 2.77. The molecule has 84 valence electrons. The predicted molar refractivity (Wildman–Crippen MR) is 65.3 cm³/mol. The van der Waals surface area contributed by atoms with Crippen LogP contribution < -0.4 is 5.73 Å². The molecule has 16 heavy (non-hydrogen) atoms. The molecule has 2 aromatic rings. The number of nitrogens with two attached hydrogens (primary N) is 1. The van der Waals surface area contributed by atoms with Crippen LogP contribution in [0.1, 0.15) is 11.4 Å². The molecule has 2 rings (SSSR count). The first kappa shape index (κ1) is 11.2. The van der Waals surface area contributed by atoms with Crippen molar-refractivity contribution >= 4 is 28.9 Å². The average Bonchev–Trinajstić information content (AvgIpc) is 2.50. The van der Waals surface area contributed by atoms with E-state index in [1.54, 1.807) is 16.8 Å². The molecule has 0 saturated carbocycles. The number of nitrogen functional groups attached to an aromatic ring is 1. The molecule has 0 unspecified atom stereocenters. The lowest BCUT2D eigenvalue weighted by atomic mass is 10.3. The van der Waals surface area contributed by atoms with Crippen molar-refractivity contribution in [1.82, 2.24) is 14.8 Å². The lowest BCUT2D eigenvalue weighted by Gasteiger charge is -2.06. The van der Waals surface area contributed by atoms with E-state index in [1.807, 2.05) is 13.8 Å². The summed E-state index contributed by atoms with van der Waals surface area (Å²) in [5.74, 6) is 0.500. The Morgan fingerprint density at radius 3 is 2.50 bits per heavy atom. The van der Waals surface area contributed by atoms with E-state index in [-0.39, 0.29) is 0 Å². The van der Waals surface area contributed by atoms with Gasteiger partial charge in [-0.25, -0.2) is 9.67 Å². The minimum absolute atomic E-state index is 0.368. The van der Waals surface area contributed by atoms with Crippen LogP contribution in [-0.2, 0) is 0 Å². The van der Waals surface area contributed by atoms with Gasteiger partial charge in [0.15, 0.2) is 5.82 Å². The van der Waals surface area contributed by atoms with Crippen LogP contribution in [0.25, 0.3) is 5.82 Å². The number of nitrogens with zero attached hydrogens (tertiary/aromatic N) is 3. The van der Waals surface area contributed by atoms with Crippen LogP contribution in [0.3, 0.4) is 0 Å². The third-order valence-corrected chi connectivity index (χ3v) is 3.03. The minimum atomic E-state index is 0.368. The molecule has 0 radical (unpaired) electrons. The van der Waals surface area contributed by atoms with Gasteiger partial charge in [-0.05, 0) is 26.0 Å². The molecule has 0 fully saturated rings. The fraction of sp³-hybridized carbons (Fsp3) is 0.200. The van der Waals surface area contributed by atoms with E-state index in [4.69, 9.17) is 28.9 Å². The molecule has 0 saturated heterocycles. The minimum Gasteiger partial charge on any atom is -0.396 e. The molecular weight excluding hydrogens is 247 g/mol. The second-order valence-corrected chi connectivity index (χ2v) is 4.21. The fourth-order valence-electron chi connectivity index (χ4n) is 1.44. The molecule has 2 N–H and O–H groups in total. The van der Waals surface area contributed by atoms with Gasteiger partial charge in [0.05, 0.1) is 22.1 Å². The standard InChI is InChI=1S/C10H10Cl2N4/c1-5-9(12)6(2)16(15-5)10-7(13)3-4-8(11)14-10/h3-4H,13H2,1-2H3. The van der Waals surface area contributed by atoms with Crippen molar-refractivity contribution in [2.45, 2.75) is 13.8 Å². The lowest BCUT2D eigenvalue weighted by molar-refractivity contribution is 0.809. The molecule has 2 aromatic heterocycles. The Kier molecular flexibility index (Phi) is 2.78. The molecule has 0 aromatic carbocycles. The summed E-state index contributed by atoms with van der Waals surface area (Å²) in [6.45, 7) is 3.68. The quantitative estimate of drug-likeness (QED) is 0.799. The normalized spacial score (nSPS) is 10.8. The third kappa shape index (κ3) is 1.74. The van der Waals surface area contributed by atoms with Gasteiger partial charge in [-0.2, -0.15) is 5.10 Å². The zero-order valence-electron chi connectivity index (χ0n) is 8.83. The van der Waals surface area contributed by atoms with Gasteiger partial charge in [0.25, 0.3) is 0 Å². The second kappa shape index (κ2) is 3.96. The van der Waals surface area contributed by atoms with Crippen molar-refractivity contribution in [2.24, 2.45) is 0 Å². The van der Waals surface area contributed by atoms with Crippen molar-refractivity contribution in [1.29, 1.82) is 0 Å². The van der Waals surface area contributed by atoms with E-state index in [1.165, 1.54) is 0 Å². The van der Waals surface area contributed by atoms with Gasteiger partial charge in [-0.15, -0.1) is 0 Å². The number of hydrogen-bond donors (Lipinski definition) is 1. The van der Waals surface area contributed by atoms with Gasteiger partial charge in [-0.1, -0.05) is 23.2 Å². The number of anilines is 1. The highest BCUT2D eigenvalue weighted by Crippen LogP contribution is 2.24. The summed E-state index contributed by atoms with van der Waals surface area (Å²) in [5.41, 5.74) is 7.86. The Morgan fingerprint density at radius 1 is 1.25 bits per heavy atom. The van der Waals surface area contributed by atoms with E-state index in [0.29, 0.717) is 21.7 Å². The Hall–Kier alpha value is -1.26. The Balaban J connectivity index is 2.67. The monoisotopic (exact) mass is 256 g/mol. The van der Waals surface area contributed by atoms with E-state index in [9.17, 15) is 0 Å². The third-order valence-electron chi connectivity index (χ3n) is 2.27. The van der Waals surface area contributed by atoms with Crippen molar-refractivity contribution < 1.29 is 0 Å². The van der Waals surface area contributed by atoms with Gasteiger partial charge < -0.3 is 5.73 Å². The van der Waals surface area contributed by atoms with Crippen molar-refractivity contribution in [3.8, 4) is 5.82 Å². The zero-order chi connectivity index (χ0) is 11.9. The molecular formula is C10H10Cl2N4. The van der Waals surface area contributed by atoms with E-state index >= 15 is 0 Å². The summed E-state index contributed by atoms with van der Waals surface area (Å²) in [7, 11) is 0. The first-order valence-corrected chi connectivity index (χ1v) is 5.40. The van der Waals surface area contributed by atoms with Crippen molar-refractivity contribution in [2.75, 3.05) is 5.73 Å². The maximum Gasteiger partial charge on any atom is 0.178 e. The summed E-state index contributed by atoms with van der Waals surface area (Å²) in [6.07, 6.45) is 0. The molecule has 4 nitrogen and oxygen atoms in total. The Labute approximate surface area is 103 Å². The largest absolute Gasteiger partial charge is 0.396 e. The van der Waals surface area contributed by atoms with Crippen LogP contribution >= 0.6 is 23.2 Å². The summed E-state index contributed by atoms with van der Waals surface area (Å²) < 4.78 is 1.60. The van der Waals surface area contributed by atoms with Gasteiger partial charge in [0.1, 0.15) is 5.15 Å². The van der Waals surface area contributed by atoms with Crippen molar-refractivity contribution in [3.05, 3.63) is 33.7 Å². The number of aryl methyl sites for hydroxylation is 1. The highest BCUT2D eigenvalue weighted by atomic mass is 35.5. The number of pyridine rings is 1. The van der Waals surface area contributed by atoms with Crippen LogP contribution in [0, 0.1) is 13.8 Å². The van der Waals surface area contributed by atoms with Gasteiger partial charge in [0.2, 0.25) is 0 Å². The molecule has 0 aliphatic heterocycles. The lowest BCUT2D eigenvalue weighted by Crippen LogP contribution is -2.06. The molecule has 2 heterocycles. The average molecular weight is 257 g/mol. The topological polar surface area (TPSA) is 56.7 Å². The highest BCUT2D eigenvalue weighted by Gasteiger charge is 2.13. The van der Waals surface area contributed by atoms with Crippen LogP contribution in [-0.4, -0.2) is 14.8 Å². The molecule has 0 spiro atoms. The summed E-state index contributed by atoms with van der Waals surface area (Å²) in [4.78, 5) is 4.14. The summed E-state index contributed by atoms with van der Waals surface area (Å²) >= 11 is 11.9. The molecule has 6 heteroatoms. The summed E-state index contributed by atoms with van der Waals surface area (Å²) in [6, 6.07) is 3.32.